The summed E-state index contributed by atoms with van der Waals surface area (Å²) in [6.07, 6.45) is 0. The van der Waals surface area contributed by atoms with Gasteiger partial charge in [0, 0.05) is 26.9 Å². The van der Waals surface area contributed by atoms with Gasteiger partial charge in [0.1, 0.15) is 0 Å². The molecule has 0 atom stereocenters. The van der Waals surface area contributed by atoms with E-state index < -0.39 is 11.7 Å². The number of anilines is 1. The molecule has 3 heterocycles. The van der Waals surface area contributed by atoms with Gasteiger partial charge in [-0.25, -0.2) is 4.98 Å². The number of benzene rings is 1. The smallest absolute Gasteiger partial charge is 0.298 e. The van der Waals surface area contributed by atoms with Gasteiger partial charge in [-0.1, -0.05) is 18.2 Å². The molecular formula is C19H15N3O2S2. The number of amides is 1. The van der Waals surface area contributed by atoms with Gasteiger partial charge in [-0.05, 0) is 32.0 Å². The number of Topliss-reactive ketones (excluding diaryl/α,β-unsaturated/α-hetero) is 1. The summed E-state index contributed by atoms with van der Waals surface area (Å²) in [5.41, 5.74) is 2.73. The van der Waals surface area contributed by atoms with Crippen molar-refractivity contribution in [1.82, 2.24) is 9.97 Å². The van der Waals surface area contributed by atoms with Crippen molar-refractivity contribution in [3.63, 3.8) is 0 Å². The minimum atomic E-state index is -0.680. The molecule has 3 aromatic heterocycles. The predicted octanol–water partition coefficient (Wildman–Crippen LogP) is 4.79. The molecule has 0 radical (unpaired) electrons. The maximum atomic E-state index is 12.7. The van der Waals surface area contributed by atoms with Gasteiger partial charge in [0.25, 0.3) is 11.7 Å². The second kappa shape index (κ2) is 6.51. The van der Waals surface area contributed by atoms with Gasteiger partial charge >= 0.3 is 0 Å². The topological polar surface area (TPSA) is 74.8 Å². The number of nitrogens with zero attached hydrogens (tertiary/aromatic N) is 1. The molecule has 1 amide bonds. The number of para-hydroxylation sites is 1. The molecule has 7 heteroatoms. The molecule has 4 aromatic rings. The lowest BCUT2D eigenvalue weighted by atomic mass is 10.1. The normalized spacial score (nSPS) is 11.0. The van der Waals surface area contributed by atoms with Crippen molar-refractivity contribution in [1.29, 1.82) is 0 Å². The number of rotatable bonds is 4. The zero-order valence-corrected chi connectivity index (χ0v) is 15.8. The number of aromatic nitrogens is 2. The van der Waals surface area contributed by atoms with Crippen molar-refractivity contribution in [2.45, 2.75) is 13.8 Å². The van der Waals surface area contributed by atoms with Crippen LogP contribution in [0.1, 0.15) is 20.9 Å². The minimum Gasteiger partial charge on any atom is -0.358 e. The van der Waals surface area contributed by atoms with E-state index >= 15 is 0 Å². The first-order valence-electron chi connectivity index (χ1n) is 7.98. The van der Waals surface area contributed by atoms with Crippen LogP contribution >= 0.6 is 22.7 Å². The van der Waals surface area contributed by atoms with Crippen LogP contribution in [0.25, 0.3) is 21.5 Å². The van der Waals surface area contributed by atoms with Gasteiger partial charge < -0.3 is 4.98 Å². The van der Waals surface area contributed by atoms with Gasteiger partial charge in [0.05, 0.1) is 16.1 Å². The highest BCUT2D eigenvalue weighted by atomic mass is 32.1. The van der Waals surface area contributed by atoms with E-state index in [0.717, 1.165) is 21.5 Å². The monoisotopic (exact) mass is 381 g/mol. The van der Waals surface area contributed by atoms with Gasteiger partial charge in [-0.3, -0.25) is 14.9 Å². The Bertz CT molecular complexity index is 1140. The first-order chi connectivity index (χ1) is 12.5. The summed E-state index contributed by atoms with van der Waals surface area (Å²) < 4.78 is 0. The van der Waals surface area contributed by atoms with Gasteiger partial charge in [0.15, 0.2) is 5.13 Å². The third-order valence-electron chi connectivity index (χ3n) is 4.04. The summed E-state index contributed by atoms with van der Waals surface area (Å²) in [6.45, 7) is 3.83. The van der Waals surface area contributed by atoms with Crippen molar-refractivity contribution in [2.75, 3.05) is 5.32 Å². The highest BCUT2D eigenvalue weighted by Crippen LogP contribution is 2.30. The number of thiophene rings is 1. The second-order valence-electron chi connectivity index (χ2n) is 5.90. The van der Waals surface area contributed by atoms with E-state index in [1.54, 1.807) is 18.3 Å². The zero-order chi connectivity index (χ0) is 18.3. The third kappa shape index (κ3) is 2.95. The third-order valence-corrected chi connectivity index (χ3v) is 5.83. The summed E-state index contributed by atoms with van der Waals surface area (Å²) in [5.74, 6) is -1.25. The number of carbonyl (C=O) groups is 2. The molecule has 0 aliphatic rings. The lowest BCUT2D eigenvalue weighted by Crippen LogP contribution is -2.23. The fourth-order valence-electron chi connectivity index (χ4n) is 2.85. The van der Waals surface area contributed by atoms with Crippen molar-refractivity contribution < 1.29 is 9.59 Å². The van der Waals surface area contributed by atoms with Crippen molar-refractivity contribution in [3.8, 4) is 10.6 Å². The number of H-pyrrole nitrogens is 1. The number of aromatic amines is 1. The van der Waals surface area contributed by atoms with Gasteiger partial charge in [0.2, 0.25) is 0 Å². The average molecular weight is 381 g/mol. The number of thiazole rings is 1. The first kappa shape index (κ1) is 16.7. The molecule has 0 fully saturated rings. The quantitative estimate of drug-likeness (QED) is 0.394. The molecule has 2 N–H and O–H groups in total. The largest absolute Gasteiger partial charge is 0.358 e. The summed E-state index contributed by atoms with van der Waals surface area (Å²) in [7, 11) is 0. The molecular weight excluding hydrogens is 366 g/mol. The Hall–Kier alpha value is -2.77. The Labute approximate surface area is 157 Å². The van der Waals surface area contributed by atoms with Crippen LogP contribution in [0.5, 0.6) is 0 Å². The Balaban J connectivity index is 1.57. The number of hydrogen-bond donors (Lipinski definition) is 2. The molecule has 26 heavy (non-hydrogen) atoms. The molecule has 0 aliphatic carbocycles. The van der Waals surface area contributed by atoms with Crippen LogP contribution in [0.4, 0.5) is 5.13 Å². The van der Waals surface area contributed by atoms with Crippen LogP contribution < -0.4 is 5.32 Å². The molecule has 0 aliphatic heterocycles. The van der Waals surface area contributed by atoms with Gasteiger partial charge in [-0.15, -0.1) is 22.7 Å². The fraction of sp³-hybridized carbons (Fsp3) is 0.105. The van der Waals surface area contributed by atoms with E-state index in [1.165, 1.54) is 16.2 Å². The lowest BCUT2D eigenvalue weighted by molar-refractivity contribution is -0.112. The number of fused-ring (bicyclic) bond motifs is 1. The van der Waals surface area contributed by atoms with Crippen molar-refractivity contribution in [3.05, 3.63) is 57.9 Å². The molecule has 0 spiro atoms. The summed E-state index contributed by atoms with van der Waals surface area (Å²) in [6, 6.07) is 11.5. The van der Waals surface area contributed by atoms with Crippen molar-refractivity contribution in [2.24, 2.45) is 0 Å². The molecule has 1 aromatic carbocycles. The highest BCUT2D eigenvalue weighted by Gasteiger charge is 2.23. The first-order valence-corrected chi connectivity index (χ1v) is 9.68. The summed E-state index contributed by atoms with van der Waals surface area (Å²) in [4.78, 5) is 34.9. The Morgan fingerprint density at radius 1 is 1.12 bits per heavy atom. The van der Waals surface area contributed by atoms with Crippen LogP contribution in [-0.2, 0) is 4.79 Å². The maximum absolute atomic E-state index is 12.7. The predicted molar refractivity (Wildman–Crippen MR) is 106 cm³/mol. The average Bonchev–Trinajstić information content (AvgIpc) is 3.32. The minimum absolute atomic E-state index is 0.406. The molecule has 0 saturated heterocycles. The number of nitrogens with one attached hydrogen (secondary N) is 2. The van der Waals surface area contributed by atoms with Crippen LogP contribution in [-0.4, -0.2) is 21.7 Å². The van der Waals surface area contributed by atoms with E-state index in [2.05, 4.69) is 15.3 Å². The van der Waals surface area contributed by atoms with E-state index in [4.69, 9.17) is 0 Å². The number of hydrogen-bond acceptors (Lipinski definition) is 5. The lowest BCUT2D eigenvalue weighted by Gasteiger charge is -2.01. The maximum Gasteiger partial charge on any atom is 0.298 e. The summed E-state index contributed by atoms with van der Waals surface area (Å²) >= 11 is 2.95. The Morgan fingerprint density at radius 3 is 2.69 bits per heavy atom. The number of carbonyl (C=O) groups excluding carboxylic acids is 2. The summed E-state index contributed by atoms with van der Waals surface area (Å²) in [5, 5.41) is 5.67. The van der Waals surface area contributed by atoms with Crippen LogP contribution in [0.3, 0.4) is 0 Å². The zero-order valence-electron chi connectivity index (χ0n) is 14.1. The van der Waals surface area contributed by atoms with Crippen molar-refractivity contribution >= 4 is 50.4 Å². The molecule has 130 valence electrons. The highest BCUT2D eigenvalue weighted by molar-refractivity contribution is 7.17. The number of ketones is 1. The molecule has 0 bridgehead atoms. The molecule has 0 saturated carbocycles. The van der Waals surface area contributed by atoms with Crippen LogP contribution in [0, 0.1) is 13.8 Å². The van der Waals surface area contributed by atoms with E-state index in [1.807, 2.05) is 48.7 Å². The SMILES string of the molecule is Cc1ccc(-c2csc(NC(=O)C(=O)c3c(C)[nH]c4ccccc34)n2)s1. The molecule has 0 unspecified atom stereocenters. The van der Waals surface area contributed by atoms with Crippen LogP contribution in [0.2, 0.25) is 0 Å². The van der Waals surface area contributed by atoms with E-state index in [9.17, 15) is 9.59 Å². The number of aryl methyl sites for hydroxylation is 2. The van der Waals surface area contributed by atoms with Gasteiger partial charge in [-0.2, -0.15) is 0 Å². The van der Waals surface area contributed by atoms with E-state index in [0.29, 0.717) is 16.4 Å². The second-order valence-corrected chi connectivity index (χ2v) is 8.05. The Morgan fingerprint density at radius 2 is 1.92 bits per heavy atom. The molecule has 4 rings (SSSR count). The van der Waals surface area contributed by atoms with E-state index in [-0.39, 0.29) is 0 Å². The standard InChI is InChI=1S/C19H15N3O2S2/c1-10-7-8-15(26-10)14-9-25-19(21-14)22-18(24)17(23)16-11(2)20-13-6-4-3-5-12(13)16/h3-9,20H,1-2H3,(H,21,22,24). The molecule has 5 nitrogen and oxygen atoms in total. The Kier molecular flexibility index (Phi) is 4.18. The van der Waals surface area contributed by atoms with Crippen LogP contribution in [0.15, 0.2) is 41.8 Å². The fourth-order valence-corrected chi connectivity index (χ4v) is 4.46.